The first-order valence-corrected chi connectivity index (χ1v) is 9.49. The van der Waals surface area contributed by atoms with Gasteiger partial charge in [0, 0.05) is 32.7 Å². The molecule has 0 unspecified atom stereocenters. The molecule has 2 aliphatic rings. The number of carbonyl (C=O) groups is 1. The number of para-hydroxylation sites is 2. The Hall–Kier alpha value is -2.93. The van der Waals surface area contributed by atoms with Crippen LogP contribution in [0.4, 0.5) is 5.69 Å². The highest BCUT2D eigenvalue weighted by atomic mass is 16.7. The zero-order valence-electron chi connectivity index (χ0n) is 16.0. The zero-order valence-corrected chi connectivity index (χ0v) is 16.0. The number of hydrogen-bond donors (Lipinski definition) is 1. The van der Waals surface area contributed by atoms with Crippen molar-refractivity contribution in [3.8, 4) is 17.2 Å². The smallest absolute Gasteiger partial charge is 0.236 e. The molecule has 1 fully saturated rings. The predicted octanol–water partition coefficient (Wildman–Crippen LogP) is 1.86. The molecule has 0 aliphatic carbocycles. The number of fused-ring (bicyclic) bond motifs is 1. The van der Waals surface area contributed by atoms with E-state index in [2.05, 4.69) is 16.3 Å². The number of piperazine rings is 1. The van der Waals surface area contributed by atoms with Crippen molar-refractivity contribution in [1.29, 1.82) is 0 Å². The summed E-state index contributed by atoms with van der Waals surface area (Å²) < 4.78 is 16.1. The molecule has 2 aromatic rings. The van der Waals surface area contributed by atoms with Crippen LogP contribution in [0.1, 0.15) is 5.56 Å². The van der Waals surface area contributed by atoms with E-state index >= 15 is 0 Å². The van der Waals surface area contributed by atoms with Gasteiger partial charge >= 0.3 is 0 Å². The van der Waals surface area contributed by atoms with Crippen LogP contribution in [-0.2, 0) is 11.3 Å². The largest absolute Gasteiger partial charge is 0.495 e. The molecule has 1 N–H and O–H groups in total. The van der Waals surface area contributed by atoms with E-state index < -0.39 is 0 Å². The number of nitrogens with one attached hydrogen (secondary N) is 1. The molecule has 0 bridgehead atoms. The lowest BCUT2D eigenvalue weighted by molar-refractivity contribution is -0.130. The lowest BCUT2D eigenvalue weighted by Gasteiger charge is -2.36. The van der Waals surface area contributed by atoms with E-state index in [1.165, 1.54) is 0 Å². The van der Waals surface area contributed by atoms with E-state index in [1.54, 1.807) is 7.11 Å². The first kappa shape index (κ1) is 18.4. The molecule has 1 saturated heterocycles. The molecule has 1 amide bonds. The van der Waals surface area contributed by atoms with Crippen LogP contribution < -0.4 is 24.4 Å². The van der Waals surface area contributed by atoms with E-state index in [1.807, 2.05) is 41.3 Å². The lowest BCUT2D eigenvalue weighted by Crippen LogP contribution is -2.50. The molecule has 4 rings (SSSR count). The van der Waals surface area contributed by atoms with Gasteiger partial charge < -0.3 is 29.3 Å². The summed E-state index contributed by atoms with van der Waals surface area (Å²) in [6.45, 7) is 4.23. The van der Waals surface area contributed by atoms with Gasteiger partial charge in [0.25, 0.3) is 0 Å². The monoisotopic (exact) mass is 383 g/mol. The van der Waals surface area contributed by atoms with Gasteiger partial charge in [-0.2, -0.15) is 0 Å². The van der Waals surface area contributed by atoms with Crippen LogP contribution in [0, 0.1) is 0 Å². The Balaban J connectivity index is 1.24. The van der Waals surface area contributed by atoms with Gasteiger partial charge in [0.15, 0.2) is 11.5 Å². The van der Waals surface area contributed by atoms with E-state index in [-0.39, 0.29) is 12.7 Å². The van der Waals surface area contributed by atoms with Gasteiger partial charge in [0.1, 0.15) is 5.75 Å². The molecule has 7 nitrogen and oxygen atoms in total. The highest BCUT2D eigenvalue weighted by Gasteiger charge is 2.22. The maximum Gasteiger partial charge on any atom is 0.236 e. The number of hydrogen-bond acceptors (Lipinski definition) is 6. The summed E-state index contributed by atoms with van der Waals surface area (Å²) in [6.07, 6.45) is 0. The van der Waals surface area contributed by atoms with Crippen molar-refractivity contribution in [2.24, 2.45) is 0 Å². The third kappa shape index (κ3) is 3.99. The van der Waals surface area contributed by atoms with Gasteiger partial charge in [0.2, 0.25) is 12.7 Å². The highest BCUT2D eigenvalue weighted by Crippen LogP contribution is 2.32. The number of carbonyl (C=O) groups excluding carboxylic acids is 1. The first-order valence-electron chi connectivity index (χ1n) is 9.49. The Labute approximate surface area is 164 Å². The Kier molecular flexibility index (Phi) is 5.53. The van der Waals surface area contributed by atoms with Crippen LogP contribution in [0.3, 0.4) is 0 Å². The molecule has 148 valence electrons. The van der Waals surface area contributed by atoms with Crippen molar-refractivity contribution in [3.63, 3.8) is 0 Å². The summed E-state index contributed by atoms with van der Waals surface area (Å²) in [4.78, 5) is 16.7. The minimum atomic E-state index is 0.125. The molecule has 0 saturated carbocycles. The van der Waals surface area contributed by atoms with Crippen molar-refractivity contribution in [2.45, 2.75) is 6.54 Å². The summed E-state index contributed by atoms with van der Waals surface area (Å²) in [5.41, 5.74) is 2.15. The van der Waals surface area contributed by atoms with Gasteiger partial charge in [-0.05, 0) is 29.8 Å². The molecule has 0 atom stereocenters. The maximum atomic E-state index is 12.5. The van der Waals surface area contributed by atoms with Crippen LogP contribution in [0.5, 0.6) is 17.2 Å². The SMILES string of the molecule is COc1ccccc1N1CCN(C(=O)CNCc2ccc3c(c2)OCO3)CC1. The van der Waals surface area contributed by atoms with Gasteiger partial charge in [-0.1, -0.05) is 18.2 Å². The van der Waals surface area contributed by atoms with Crippen molar-refractivity contribution < 1.29 is 19.0 Å². The molecule has 0 spiro atoms. The molecular weight excluding hydrogens is 358 g/mol. The van der Waals surface area contributed by atoms with E-state index in [4.69, 9.17) is 14.2 Å². The number of benzene rings is 2. The van der Waals surface area contributed by atoms with Gasteiger partial charge in [0.05, 0.1) is 19.3 Å². The molecule has 7 heteroatoms. The van der Waals surface area contributed by atoms with Crippen molar-refractivity contribution >= 4 is 11.6 Å². The zero-order chi connectivity index (χ0) is 19.3. The van der Waals surface area contributed by atoms with Crippen molar-refractivity contribution in [1.82, 2.24) is 10.2 Å². The lowest BCUT2D eigenvalue weighted by atomic mass is 10.2. The fraction of sp³-hybridized carbons (Fsp3) is 0.381. The summed E-state index contributed by atoms with van der Waals surface area (Å²) >= 11 is 0. The van der Waals surface area contributed by atoms with Crippen LogP contribution in [0.25, 0.3) is 0 Å². The number of nitrogens with zero attached hydrogens (tertiary/aromatic N) is 2. The van der Waals surface area contributed by atoms with E-state index in [9.17, 15) is 4.79 Å². The molecular formula is C21H25N3O4. The molecule has 2 aromatic carbocycles. The van der Waals surface area contributed by atoms with Crippen LogP contribution in [-0.4, -0.2) is 57.4 Å². The predicted molar refractivity (Wildman–Crippen MR) is 106 cm³/mol. The fourth-order valence-corrected chi connectivity index (χ4v) is 3.56. The maximum absolute atomic E-state index is 12.5. The number of rotatable bonds is 6. The summed E-state index contributed by atoms with van der Waals surface area (Å²) in [7, 11) is 1.68. The number of methoxy groups -OCH3 is 1. The summed E-state index contributed by atoms with van der Waals surface area (Å²) in [5.74, 6) is 2.53. The average Bonchev–Trinajstić information content (AvgIpc) is 3.21. The average molecular weight is 383 g/mol. The molecule has 28 heavy (non-hydrogen) atoms. The highest BCUT2D eigenvalue weighted by molar-refractivity contribution is 5.78. The van der Waals surface area contributed by atoms with Crippen molar-refractivity contribution in [2.75, 3.05) is 51.5 Å². The third-order valence-electron chi connectivity index (χ3n) is 5.10. The van der Waals surface area contributed by atoms with Crippen LogP contribution in [0.2, 0.25) is 0 Å². The normalized spacial score (nSPS) is 15.6. The van der Waals surface area contributed by atoms with Crippen LogP contribution in [0.15, 0.2) is 42.5 Å². The Morgan fingerprint density at radius 1 is 1.07 bits per heavy atom. The first-order chi connectivity index (χ1) is 13.7. The minimum Gasteiger partial charge on any atom is -0.495 e. The quantitative estimate of drug-likeness (QED) is 0.822. The number of ether oxygens (including phenoxy) is 3. The third-order valence-corrected chi connectivity index (χ3v) is 5.10. The molecule has 2 heterocycles. The molecule has 0 radical (unpaired) electrons. The second-order valence-corrected chi connectivity index (χ2v) is 6.83. The van der Waals surface area contributed by atoms with Crippen molar-refractivity contribution in [3.05, 3.63) is 48.0 Å². The summed E-state index contributed by atoms with van der Waals surface area (Å²) in [6, 6.07) is 13.8. The number of amides is 1. The minimum absolute atomic E-state index is 0.125. The van der Waals surface area contributed by atoms with Gasteiger partial charge in [-0.15, -0.1) is 0 Å². The van der Waals surface area contributed by atoms with Gasteiger partial charge in [-0.3, -0.25) is 4.79 Å². The Bertz CT molecular complexity index is 834. The molecule has 0 aromatic heterocycles. The number of anilines is 1. The van der Waals surface area contributed by atoms with Gasteiger partial charge in [-0.25, -0.2) is 0 Å². The summed E-state index contributed by atoms with van der Waals surface area (Å²) in [5, 5.41) is 3.23. The van der Waals surface area contributed by atoms with E-state index in [0.29, 0.717) is 26.2 Å². The van der Waals surface area contributed by atoms with E-state index in [0.717, 1.165) is 41.6 Å². The fourth-order valence-electron chi connectivity index (χ4n) is 3.56. The standard InChI is InChI=1S/C21H25N3O4/c1-26-18-5-3-2-4-17(18)23-8-10-24(11-9-23)21(25)14-22-13-16-6-7-19-20(12-16)28-15-27-19/h2-7,12,22H,8-11,13-15H2,1H3. The topological polar surface area (TPSA) is 63.3 Å². The molecule has 2 aliphatic heterocycles. The second-order valence-electron chi connectivity index (χ2n) is 6.83. The Morgan fingerprint density at radius 3 is 2.68 bits per heavy atom. The Morgan fingerprint density at radius 2 is 1.86 bits per heavy atom. The van der Waals surface area contributed by atoms with Crippen LogP contribution >= 0.6 is 0 Å². The second kappa shape index (κ2) is 8.39.